The molecule has 1 aliphatic carbocycles. The topological polar surface area (TPSA) is 62.6 Å². The zero-order chi connectivity index (χ0) is 18.4. The van der Waals surface area contributed by atoms with Gasteiger partial charge in [-0.25, -0.2) is 0 Å². The van der Waals surface area contributed by atoms with E-state index in [9.17, 15) is 9.59 Å². The zero-order valence-corrected chi connectivity index (χ0v) is 16.0. The minimum Gasteiger partial charge on any atom is -0.348 e. The lowest BCUT2D eigenvalue weighted by molar-refractivity contribution is -0.862. The van der Waals surface area contributed by atoms with Gasteiger partial charge in [0.1, 0.15) is 0 Å². The highest BCUT2D eigenvalue weighted by molar-refractivity contribution is 6.33. The van der Waals surface area contributed by atoms with Crippen LogP contribution in [0.5, 0.6) is 0 Å². The molecule has 1 aromatic carbocycles. The Morgan fingerprint density at radius 1 is 1.16 bits per heavy atom. The number of para-hydroxylation sites is 1. The smallest absolute Gasteiger partial charge is 0.279 e. The number of quaternary nitrogens is 1. The van der Waals surface area contributed by atoms with Gasteiger partial charge in [0, 0.05) is 6.04 Å². The van der Waals surface area contributed by atoms with E-state index in [0.717, 1.165) is 11.3 Å². The molecule has 6 heteroatoms. The summed E-state index contributed by atoms with van der Waals surface area (Å²) >= 11 is 6.04. The number of carbonyl (C=O) groups excluding carboxylic acids is 2. The van der Waals surface area contributed by atoms with Gasteiger partial charge in [-0.1, -0.05) is 50.4 Å². The van der Waals surface area contributed by atoms with E-state index in [1.165, 1.54) is 12.8 Å². The second-order valence-corrected chi connectivity index (χ2v) is 7.69. The summed E-state index contributed by atoms with van der Waals surface area (Å²) in [6.07, 6.45) is 3.45. The first-order valence-corrected chi connectivity index (χ1v) is 9.39. The molecular weight excluding hydrogens is 338 g/mol. The number of amides is 2. The largest absolute Gasteiger partial charge is 0.348 e. The summed E-state index contributed by atoms with van der Waals surface area (Å²) in [5, 5.41) is 6.44. The highest BCUT2D eigenvalue weighted by atomic mass is 35.5. The molecular formula is C19H29ClN3O2+. The number of hydrogen-bond donors (Lipinski definition) is 3. The van der Waals surface area contributed by atoms with Gasteiger partial charge < -0.3 is 15.5 Å². The van der Waals surface area contributed by atoms with Gasteiger partial charge in [0.15, 0.2) is 13.1 Å². The SMILES string of the molecule is C[C@@H]1[C@@H](C)CCC[C@H]1NC(=O)C[NH+](C)CC(=O)Nc1ccccc1Cl. The maximum atomic E-state index is 12.3. The van der Waals surface area contributed by atoms with Gasteiger partial charge in [-0.05, 0) is 30.4 Å². The molecule has 5 nitrogen and oxygen atoms in total. The molecule has 138 valence electrons. The van der Waals surface area contributed by atoms with Crippen LogP contribution in [0.3, 0.4) is 0 Å². The average Bonchev–Trinajstić information content (AvgIpc) is 2.53. The Morgan fingerprint density at radius 3 is 2.56 bits per heavy atom. The van der Waals surface area contributed by atoms with Crippen molar-refractivity contribution in [3.05, 3.63) is 29.3 Å². The second kappa shape index (κ2) is 9.20. The summed E-state index contributed by atoms with van der Waals surface area (Å²) in [6.45, 7) is 4.96. The maximum Gasteiger partial charge on any atom is 0.279 e. The fourth-order valence-electron chi connectivity index (χ4n) is 3.41. The summed E-state index contributed by atoms with van der Waals surface area (Å²) in [7, 11) is 1.85. The van der Waals surface area contributed by atoms with Crippen LogP contribution in [0, 0.1) is 11.8 Å². The molecule has 2 amide bonds. The van der Waals surface area contributed by atoms with E-state index in [0.29, 0.717) is 22.5 Å². The van der Waals surface area contributed by atoms with Gasteiger partial charge in [-0.2, -0.15) is 0 Å². The van der Waals surface area contributed by atoms with Crippen molar-refractivity contribution in [2.24, 2.45) is 11.8 Å². The number of halogens is 1. The van der Waals surface area contributed by atoms with E-state index in [2.05, 4.69) is 24.5 Å². The van der Waals surface area contributed by atoms with Gasteiger partial charge >= 0.3 is 0 Å². The van der Waals surface area contributed by atoms with Crippen LogP contribution >= 0.6 is 11.6 Å². The van der Waals surface area contributed by atoms with Crippen molar-refractivity contribution in [2.75, 3.05) is 25.5 Å². The van der Waals surface area contributed by atoms with E-state index in [1.807, 2.05) is 19.2 Å². The number of nitrogens with one attached hydrogen (secondary N) is 3. The lowest BCUT2D eigenvalue weighted by Crippen LogP contribution is -3.11. The fourth-order valence-corrected chi connectivity index (χ4v) is 3.59. The summed E-state index contributed by atoms with van der Waals surface area (Å²) < 4.78 is 0. The Hall–Kier alpha value is -1.59. The van der Waals surface area contributed by atoms with Crippen molar-refractivity contribution in [3.8, 4) is 0 Å². The van der Waals surface area contributed by atoms with Gasteiger partial charge in [0.25, 0.3) is 11.8 Å². The van der Waals surface area contributed by atoms with Gasteiger partial charge in [0.2, 0.25) is 0 Å². The predicted octanol–water partition coefficient (Wildman–Crippen LogP) is 1.73. The first-order chi connectivity index (χ1) is 11.9. The lowest BCUT2D eigenvalue weighted by Gasteiger charge is -2.34. The summed E-state index contributed by atoms with van der Waals surface area (Å²) in [5.41, 5.74) is 0.594. The molecule has 25 heavy (non-hydrogen) atoms. The van der Waals surface area contributed by atoms with Crippen molar-refractivity contribution in [3.63, 3.8) is 0 Å². The highest BCUT2D eigenvalue weighted by Crippen LogP contribution is 2.29. The van der Waals surface area contributed by atoms with E-state index in [1.54, 1.807) is 12.1 Å². The minimum atomic E-state index is -0.155. The van der Waals surface area contributed by atoms with Gasteiger partial charge in [-0.15, -0.1) is 0 Å². The zero-order valence-electron chi connectivity index (χ0n) is 15.3. The molecule has 1 unspecified atom stereocenters. The molecule has 0 aliphatic heterocycles. The molecule has 1 saturated carbocycles. The van der Waals surface area contributed by atoms with Crippen molar-refractivity contribution < 1.29 is 14.5 Å². The van der Waals surface area contributed by atoms with Crippen LogP contribution in [0.4, 0.5) is 5.69 Å². The standard InChI is InChI=1S/C19H28ClN3O2/c1-13-7-6-10-16(14(13)2)21-18(24)11-23(3)12-19(25)22-17-9-5-4-8-15(17)20/h4-5,8-9,13-14,16H,6-7,10-12H2,1-3H3,(H,21,24)(H,22,25)/p+1/t13-,14+,16+/m0/s1. The predicted molar refractivity (Wildman–Crippen MR) is 101 cm³/mol. The van der Waals surface area contributed by atoms with E-state index in [-0.39, 0.29) is 30.9 Å². The molecule has 0 saturated heterocycles. The molecule has 1 aromatic rings. The summed E-state index contributed by atoms with van der Waals surface area (Å²) in [4.78, 5) is 25.2. The Kier molecular flexibility index (Phi) is 7.26. The molecule has 3 N–H and O–H groups in total. The van der Waals surface area contributed by atoms with E-state index < -0.39 is 0 Å². The minimum absolute atomic E-state index is 0.00833. The molecule has 2 rings (SSSR count). The van der Waals surface area contributed by atoms with Crippen LogP contribution in [-0.4, -0.2) is 38.0 Å². The average molecular weight is 367 g/mol. The van der Waals surface area contributed by atoms with Crippen molar-refractivity contribution in [1.29, 1.82) is 0 Å². The monoisotopic (exact) mass is 366 g/mol. The normalized spacial score (nSPS) is 24.4. The lowest BCUT2D eigenvalue weighted by atomic mass is 9.78. The van der Waals surface area contributed by atoms with E-state index >= 15 is 0 Å². The summed E-state index contributed by atoms with van der Waals surface area (Å²) in [6, 6.07) is 7.37. The summed E-state index contributed by atoms with van der Waals surface area (Å²) in [5.74, 6) is 0.999. The first kappa shape index (κ1) is 19.7. The molecule has 0 bridgehead atoms. The van der Waals surface area contributed by atoms with Gasteiger partial charge in [-0.3, -0.25) is 9.59 Å². The Bertz CT molecular complexity index is 608. The van der Waals surface area contributed by atoms with Crippen molar-refractivity contribution >= 4 is 29.1 Å². The Balaban J connectivity index is 1.77. The molecule has 0 spiro atoms. The van der Waals surface area contributed by atoms with Crippen LogP contribution < -0.4 is 15.5 Å². The quantitative estimate of drug-likeness (QED) is 0.718. The Labute approximate surface area is 155 Å². The van der Waals surface area contributed by atoms with Crippen molar-refractivity contribution in [1.82, 2.24) is 5.32 Å². The number of benzene rings is 1. The number of hydrogen-bond acceptors (Lipinski definition) is 2. The second-order valence-electron chi connectivity index (χ2n) is 7.28. The number of likely N-dealkylation sites (N-methyl/N-ethyl adjacent to an activating group) is 1. The Morgan fingerprint density at radius 2 is 1.84 bits per heavy atom. The molecule has 0 radical (unpaired) electrons. The first-order valence-electron chi connectivity index (χ1n) is 9.02. The van der Waals surface area contributed by atoms with Crippen LogP contribution in [0.2, 0.25) is 5.02 Å². The third-order valence-electron chi connectivity index (χ3n) is 5.13. The molecule has 1 fully saturated rings. The molecule has 0 heterocycles. The fraction of sp³-hybridized carbons (Fsp3) is 0.579. The van der Waals surface area contributed by atoms with E-state index in [4.69, 9.17) is 11.6 Å². The molecule has 0 aromatic heterocycles. The third-order valence-corrected chi connectivity index (χ3v) is 5.46. The van der Waals surface area contributed by atoms with Crippen LogP contribution in [0.15, 0.2) is 24.3 Å². The van der Waals surface area contributed by atoms with Crippen LogP contribution in [0.25, 0.3) is 0 Å². The van der Waals surface area contributed by atoms with Crippen LogP contribution in [0.1, 0.15) is 33.1 Å². The number of anilines is 1. The molecule has 1 aliphatic rings. The highest BCUT2D eigenvalue weighted by Gasteiger charge is 2.28. The van der Waals surface area contributed by atoms with Crippen molar-refractivity contribution in [2.45, 2.75) is 39.2 Å². The number of rotatable bonds is 6. The van der Waals surface area contributed by atoms with Crippen LogP contribution in [-0.2, 0) is 9.59 Å². The number of carbonyl (C=O) groups is 2. The molecule has 4 atom stereocenters. The van der Waals surface area contributed by atoms with Gasteiger partial charge in [0.05, 0.1) is 17.8 Å². The maximum absolute atomic E-state index is 12.3. The third kappa shape index (κ3) is 6.01.